The van der Waals surface area contributed by atoms with E-state index in [4.69, 9.17) is 9.47 Å². The van der Waals surface area contributed by atoms with E-state index in [0.717, 1.165) is 12.2 Å². The van der Waals surface area contributed by atoms with Crippen molar-refractivity contribution >= 4 is 5.97 Å². The highest BCUT2D eigenvalue weighted by atomic mass is 16.5. The number of fused-ring (bicyclic) bond motifs is 1. The summed E-state index contributed by atoms with van der Waals surface area (Å²) < 4.78 is 12.3. The lowest BCUT2D eigenvalue weighted by atomic mass is 9.42. The number of benzene rings is 1. The van der Waals surface area contributed by atoms with Gasteiger partial charge in [-0.25, -0.2) is 0 Å². The van der Waals surface area contributed by atoms with Gasteiger partial charge in [-0.2, -0.15) is 0 Å². The number of hydrogen-bond donors (Lipinski definition) is 1. The Labute approximate surface area is 189 Å². The number of para-hydroxylation sites is 1. The van der Waals surface area contributed by atoms with E-state index >= 15 is 0 Å². The first-order chi connectivity index (χ1) is 15.6. The second kappa shape index (κ2) is 5.09. The molecule has 9 fully saturated rings. The van der Waals surface area contributed by atoms with Gasteiger partial charge in [-0.15, -0.1) is 0 Å². The predicted molar refractivity (Wildman–Crippen MR) is 115 cm³/mol. The number of hydrogen-bond acceptors (Lipinski definition) is 4. The smallest absolute Gasteiger partial charge is 0.315 e. The Morgan fingerprint density at radius 3 is 2.44 bits per heavy atom. The summed E-state index contributed by atoms with van der Waals surface area (Å²) in [5, 5.41) is 13.2. The van der Waals surface area contributed by atoms with E-state index in [2.05, 4.69) is 0 Å². The average molecular weight is 433 g/mol. The summed E-state index contributed by atoms with van der Waals surface area (Å²) in [6.07, 6.45) is 6.12. The number of rotatable bonds is 4. The van der Waals surface area contributed by atoms with E-state index in [9.17, 15) is 9.90 Å². The van der Waals surface area contributed by atoms with Crippen molar-refractivity contribution in [1.29, 1.82) is 0 Å². The fourth-order valence-corrected chi connectivity index (χ4v) is 13.7. The molecule has 32 heavy (non-hydrogen) atoms. The van der Waals surface area contributed by atoms with Gasteiger partial charge < -0.3 is 14.6 Å². The van der Waals surface area contributed by atoms with E-state index in [-0.39, 0.29) is 17.3 Å². The van der Waals surface area contributed by atoms with Gasteiger partial charge >= 0.3 is 5.97 Å². The van der Waals surface area contributed by atoms with Crippen LogP contribution in [0.3, 0.4) is 0 Å². The summed E-state index contributed by atoms with van der Waals surface area (Å²) in [6, 6.07) is 10.2. The Bertz CT molecular complexity index is 1050. The van der Waals surface area contributed by atoms with E-state index in [1.807, 2.05) is 30.3 Å². The lowest BCUT2D eigenvalue weighted by Gasteiger charge is -2.63. The molecule has 0 radical (unpaired) electrons. The summed E-state index contributed by atoms with van der Waals surface area (Å²) in [5.41, 5.74) is -1.89. The molecule has 168 valence electrons. The standard InChI is InChI=1S/C28H32O4/c1-31-25(29)27-22-15-9-5-8-14(15)21-19(22)20-23(27)16-10-11-17-18(16)24(20)26(21,28(17,27)30)12-32-13-6-3-2-4-7-13/h2-4,6-7,14-24,30H,5,8-12H2,1H3/t14-,15+,16+,17+,18+,19+,20+,21-,22-,23+,24+,26-,27-,28+/m0/s1. The fraction of sp³-hybridized carbons (Fsp3) is 0.750. The first-order valence-corrected chi connectivity index (χ1v) is 13.1. The number of aliphatic hydroxyl groups is 1. The molecular weight excluding hydrogens is 400 g/mol. The normalized spacial score (nSPS) is 62.4. The molecule has 1 aromatic rings. The highest BCUT2D eigenvalue weighted by molar-refractivity contribution is 5.83. The van der Waals surface area contributed by atoms with Gasteiger partial charge in [0.05, 0.1) is 19.3 Å². The van der Waals surface area contributed by atoms with Gasteiger partial charge in [0.25, 0.3) is 0 Å². The van der Waals surface area contributed by atoms with Gasteiger partial charge in [0.2, 0.25) is 0 Å². The largest absolute Gasteiger partial charge is 0.493 e. The van der Waals surface area contributed by atoms with E-state index in [1.165, 1.54) is 25.7 Å². The molecule has 0 aromatic heterocycles. The molecule has 1 N–H and O–H groups in total. The molecule has 9 aliphatic rings. The van der Waals surface area contributed by atoms with Gasteiger partial charge in [0, 0.05) is 5.41 Å². The maximum Gasteiger partial charge on any atom is 0.315 e. The molecule has 0 unspecified atom stereocenters. The van der Waals surface area contributed by atoms with Crippen molar-refractivity contribution < 1.29 is 19.4 Å². The highest BCUT2D eigenvalue weighted by Gasteiger charge is 3.02. The molecule has 1 aromatic carbocycles. The molecule has 9 aliphatic carbocycles. The monoisotopic (exact) mass is 432 g/mol. The van der Waals surface area contributed by atoms with Crippen LogP contribution in [0.1, 0.15) is 32.1 Å². The molecule has 4 nitrogen and oxygen atoms in total. The van der Waals surface area contributed by atoms with Crippen LogP contribution in [-0.2, 0) is 9.53 Å². The predicted octanol–water partition coefficient (Wildman–Crippen LogP) is 3.78. The first-order valence-electron chi connectivity index (χ1n) is 13.1. The Balaban J connectivity index is 1.32. The molecule has 0 amide bonds. The quantitative estimate of drug-likeness (QED) is 0.736. The number of methoxy groups -OCH3 is 1. The summed E-state index contributed by atoms with van der Waals surface area (Å²) >= 11 is 0. The third-order valence-corrected chi connectivity index (χ3v) is 13.2. The maximum atomic E-state index is 14.0. The molecular formula is C28H32O4. The van der Waals surface area contributed by atoms with Crippen LogP contribution in [0.5, 0.6) is 5.75 Å². The van der Waals surface area contributed by atoms with Gasteiger partial charge in [0.15, 0.2) is 0 Å². The second-order valence-electron chi connectivity index (χ2n) is 12.7. The van der Waals surface area contributed by atoms with Crippen LogP contribution in [0.15, 0.2) is 30.3 Å². The van der Waals surface area contributed by atoms with Crippen molar-refractivity contribution in [3.8, 4) is 5.75 Å². The molecule has 0 heterocycles. The molecule has 14 atom stereocenters. The van der Waals surface area contributed by atoms with Crippen LogP contribution in [0.4, 0.5) is 0 Å². The SMILES string of the molecule is COC(=O)[C@@]12[C@@H]3[C@@H]4CC[C@@H]5[C@@H]4[C@@H]4[C@@H]3[C@@H]3[C@H]([C@H]6CCC[C@H]6[C@@H]31)[C@]4(COc1ccccc1)[C@]52O. The first kappa shape index (κ1) is 17.9. The van der Waals surface area contributed by atoms with Gasteiger partial charge in [-0.1, -0.05) is 24.6 Å². The molecule has 0 aliphatic heterocycles. The van der Waals surface area contributed by atoms with Crippen molar-refractivity contribution in [2.24, 2.45) is 75.9 Å². The minimum absolute atomic E-state index is 0.0618. The van der Waals surface area contributed by atoms with Crippen LogP contribution in [0, 0.1) is 75.9 Å². The average Bonchev–Trinajstić information content (AvgIpc) is 3.59. The summed E-state index contributed by atoms with van der Waals surface area (Å²) in [7, 11) is 1.57. The van der Waals surface area contributed by atoms with E-state index in [1.54, 1.807) is 7.11 Å². The van der Waals surface area contributed by atoms with Crippen molar-refractivity contribution in [3.63, 3.8) is 0 Å². The van der Waals surface area contributed by atoms with Gasteiger partial charge in [-0.3, -0.25) is 4.79 Å². The topological polar surface area (TPSA) is 55.8 Å². The number of carbonyl (C=O) groups excluding carboxylic acids is 1. The van der Waals surface area contributed by atoms with Crippen molar-refractivity contribution in [2.75, 3.05) is 13.7 Å². The fourth-order valence-electron chi connectivity index (χ4n) is 13.7. The third-order valence-electron chi connectivity index (χ3n) is 13.2. The Kier molecular flexibility index (Phi) is 2.84. The van der Waals surface area contributed by atoms with Crippen LogP contribution < -0.4 is 4.74 Å². The molecule has 9 saturated carbocycles. The summed E-state index contributed by atoms with van der Waals surface area (Å²) in [4.78, 5) is 14.0. The van der Waals surface area contributed by atoms with E-state index < -0.39 is 11.0 Å². The minimum Gasteiger partial charge on any atom is -0.493 e. The molecule has 4 heteroatoms. The minimum atomic E-state index is -0.946. The lowest BCUT2D eigenvalue weighted by Crippen LogP contribution is -2.74. The van der Waals surface area contributed by atoms with Crippen LogP contribution in [-0.4, -0.2) is 30.4 Å². The van der Waals surface area contributed by atoms with Crippen molar-refractivity contribution in [2.45, 2.75) is 37.7 Å². The van der Waals surface area contributed by atoms with E-state index in [0.29, 0.717) is 65.8 Å². The highest BCUT2D eigenvalue weighted by Crippen LogP contribution is 2.98. The molecule has 0 saturated heterocycles. The number of carbonyl (C=O) groups is 1. The van der Waals surface area contributed by atoms with Crippen LogP contribution in [0.2, 0.25) is 0 Å². The maximum absolute atomic E-state index is 14.0. The molecule has 10 rings (SSSR count). The Morgan fingerprint density at radius 2 is 1.66 bits per heavy atom. The summed E-state index contributed by atoms with van der Waals surface area (Å²) in [5.74, 6) is 6.66. The third kappa shape index (κ3) is 1.32. The van der Waals surface area contributed by atoms with Gasteiger partial charge in [-0.05, 0) is 103 Å². The lowest BCUT2D eigenvalue weighted by molar-refractivity contribution is -0.271. The van der Waals surface area contributed by atoms with Gasteiger partial charge in [0.1, 0.15) is 11.2 Å². The Morgan fingerprint density at radius 1 is 0.938 bits per heavy atom. The second-order valence-corrected chi connectivity index (χ2v) is 12.7. The summed E-state index contributed by atoms with van der Waals surface area (Å²) in [6.45, 7) is 0.580. The van der Waals surface area contributed by atoms with Crippen molar-refractivity contribution in [3.05, 3.63) is 30.3 Å². The number of esters is 1. The zero-order chi connectivity index (χ0) is 21.2. The zero-order valence-electron chi connectivity index (χ0n) is 18.7. The Hall–Kier alpha value is -1.55. The zero-order valence-corrected chi connectivity index (χ0v) is 18.7. The van der Waals surface area contributed by atoms with Crippen molar-refractivity contribution in [1.82, 2.24) is 0 Å². The molecule has 0 spiro atoms. The van der Waals surface area contributed by atoms with Crippen LogP contribution >= 0.6 is 0 Å². The van der Waals surface area contributed by atoms with Crippen LogP contribution in [0.25, 0.3) is 0 Å². The number of ether oxygens (including phenoxy) is 2. The molecule has 9 bridgehead atoms.